The number of ketones is 1. The van der Waals surface area contributed by atoms with Crippen molar-refractivity contribution in [1.82, 2.24) is 0 Å². The molecule has 0 aliphatic rings. The first-order valence-electron chi connectivity index (χ1n) is 12.1. The van der Waals surface area contributed by atoms with Crippen molar-refractivity contribution < 1.29 is 47.8 Å². The molecule has 5 N–H and O–H groups in total. The number of aliphatic hydroxyl groups excluding tert-OH is 1. The van der Waals surface area contributed by atoms with Crippen molar-refractivity contribution in [3.05, 3.63) is 0 Å². The maximum atomic E-state index is 11.8. The van der Waals surface area contributed by atoms with E-state index in [9.17, 15) is 28.9 Å². The highest BCUT2D eigenvalue weighted by molar-refractivity contribution is 7.47. The number of hydrogen-bond acceptors (Lipinski definition) is 9. The number of aliphatic carboxylic acids is 1. The van der Waals surface area contributed by atoms with Gasteiger partial charge in [-0.25, -0.2) is 9.36 Å². The molecule has 34 heavy (non-hydrogen) atoms. The van der Waals surface area contributed by atoms with Crippen LogP contribution in [0.15, 0.2) is 0 Å². The molecule has 200 valence electrons. The molecule has 0 rings (SSSR count). The van der Waals surface area contributed by atoms with Crippen LogP contribution in [0, 0.1) is 0 Å². The molecule has 0 bridgehead atoms. The second kappa shape index (κ2) is 19.9. The Morgan fingerprint density at radius 1 is 0.824 bits per heavy atom. The Balaban J connectivity index is 3.78. The normalized spacial score (nSPS) is 14.8. The minimum Gasteiger partial charge on any atom is -0.480 e. The van der Waals surface area contributed by atoms with Crippen molar-refractivity contribution in [3.8, 4) is 0 Å². The molecule has 0 heterocycles. The van der Waals surface area contributed by atoms with E-state index >= 15 is 0 Å². The summed E-state index contributed by atoms with van der Waals surface area (Å²) in [6, 6.07) is -1.52. The Labute approximate surface area is 202 Å². The molecule has 0 aliphatic carbocycles. The quantitative estimate of drug-likeness (QED) is 0.0684. The first-order valence-corrected chi connectivity index (χ1v) is 13.6. The van der Waals surface area contributed by atoms with Crippen LogP contribution < -0.4 is 5.73 Å². The van der Waals surface area contributed by atoms with Gasteiger partial charge in [-0.15, -0.1) is 0 Å². The lowest BCUT2D eigenvalue weighted by Gasteiger charge is -2.16. The van der Waals surface area contributed by atoms with Crippen LogP contribution >= 0.6 is 7.82 Å². The topological polar surface area (TPSA) is 183 Å². The number of Topliss-reactive ketones (excluding diaryl/α,β-unsaturated/α-hetero) is 1. The molecule has 0 aromatic carbocycles. The molecule has 11 nitrogen and oxygen atoms in total. The fourth-order valence-electron chi connectivity index (χ4n) is 2.99. The number of phosphoric ester groups is 1. The van der Waals surface area contributed by atoms with E-state index in [0.29, 0.717) is 6.42 Å². The summed E-state index contributed by atoms with van der Waals surface area (Å²) in [6.45, 7) is 0.0805. The largest absolute Gasteiger partial charge is 0.480 e. The number of phosphoric acid groups is 1. The molecular formula is C22H42NO10P. The van der Waals surface area contributed by atoms with E-state index in [-0.39, 0.29) is 6.42 Å². The molecule has 0 spiro atoms. The van der Waals surface area contributed by atoms with Crippen molar-refractivity contribution >= 4 is 25.5 Å². The zero-order valence-electron chi connectivity index (χ0n) is 20.2. The van der Waals surface area contributed by atoms with Crippen molar-refractivity contribution in [2.24, 2.45) is 5.73 Å². The molecule has 0 aromatic rings. The number of unbranched alkanes of at least 4 members (excludes halogenated alkanes) is 11. The molecule has 0 radical (unpaired) electrons. The Kier molecular flexibility index (Phi) is 19.1. The number of carboxylic acid groups (broad SMARTS) is 1. The monoisotopic (exact) mass is 511 g/mol. The number of carbonyl (C=O) groups is 3. The van der Waals surface area contributed by atoms with Gasteiger partial charge in [-0.2, -0.15) is 0 Å². The van der Waals surface area contributed by atoms with Gasteiger partial charge in [0, 0.05) is 6.42 Å². The van der Waals surface area contributed by atoms with Crippen molar-refractivity contribution in [2.75, 3.05) is 19.8 Å². The fourth-order valence-corrected chi connectivity index (χ4v) is 3.78. The minimum atomic E-state index is -4.65. The van der Waals surface area contributed by atoms with Gasteiger partial charge in [0.1, 0.15) is 18.8 Å². The van der Waals surface area contributed by atoms with Gasteiger partial charge in [-0.3, -0.25) is 18.6 Å². The lowest BCUT2D eigenvalue weighted by molar-refractivity contribution is -0.156. The van der Waals surface area contributed by atoms with Crippen LogP contribution in [0.3, 0.4) is 0 Å². The summed E-state index contributed by atoms with van der Waals surface area (Å²) in [6.07, 6.45) is 12.3. The Morgan fingerprint density at radius 3 is 1.79 bits per heavy atom. The van der Waals surface area contributed by atoms with Crippen LogP contribution in [-0.2, 0) is 32.7 Å². The van der Waals surface area contributed by atoms with Crippen molar-refractivity contribution in [1.29, 1.82) is 0 Å². The second-order valence-electron chi connectivity index (χ2n) is 8.32. The summed E-state index contributed by atoms with van der Waals surface area (Å²) in [7, 11) is -4.65. The van der Waals surface area contributed by atoms with Crippen LogP contribution in [0.1, 0.15) is 90.4 Å². The molecule has 0 saturated heterocycles. The van der Waals surface area contributed by atoms with Crippen LogP contribution in [0.4, 0.5) is 0 Å². The van der Waals surface area contributed by atoms with E-state index in [1.54, 1.807) is 0 Å². The third kappa shape index (κ3) is 19.0. The predicted molar refractivity (Wildman–Crippen MR) is 125 cm³/mol. The van der Waals surface area contributed by atoms with Gasteiger partial charge in [-0.1, -0.05) is 77.6 Å². The van der Waals surface area contributed by atoms with Crippen LogP contribution in [-0.4, -0.2) is 64.8 Å². The van der Waals surface area contributed by atoms with Gasteiger partial charge in [0.15, 0.2) is 0 Å². The van der Waals surface area contributed by atoms with Gasteiger partial charge >= 0.3 is 19.8 Å². The second-order valence-corrected chi connectivity index (χ2v) is 9.77. The van der Waals surface area contributed by atoms with E-state index in [1.165, 1.54) is 51.4 Å². The molecule has 0 aromatic heterocycles. The van der Waals surface area contributed by atoms with E-state index < -0.39 is 57.5 Å². The maximum absolute atomic E-state index is 11.8. The highest BCUT2D eigenvalue weighted by Crippen LogP contribution is 2.43. The molecule has 0 amide bonds. The van der Waals surface area contributed by atoms with E-state index in [1.807, 2.05) is 0 Å². The van der Waals surface area contributed by atoms with E-state index in [4.69, 9.17) is 10.8 Å². The van der Waals surface area contributed by atoms with Gasteiger partial charge < -0.3 is 25.6 Å². The number of nitrogens with two attached hydrogens (primary N) is 1. The molecule has 3 atom stereocenters. The molecule has 0 fully saturated rings. The highest BCUT2D eigenvalue weighted by atomic mass is 31.2. The summed E-state index contributed by atoms with van der Waals surface area (Å²) in [5.41, 5.74) is 5.13. The van der Waals surface area contributed by atoms with Crippen LogP contribution in [0.25, 0.3) is 0 Å². The minimum absolute atomic E-state index is 0.0619. The summed E-state index contributed by atoms with van der Waals surface area (Å²) in [4.78, 5) is 43.4. The fraction of sp³-hybridized carbons (Fsp3) is 0.864. The summed E-state index contributed by atoms with van der Waals surface area (Å²) >= 11 is 0. The number of hydrogen-bond donors (Lipinski definition) is 4. The Morgan fingerprint density at radius 2 is 1.29 bits per heavy atom. The van der Waals surface area contributed by atoms with Gasteiger partial charge in [0.2, 0.25) is 5.78 Å². The summed E-state index contributed by atoms with van der Waals surface area (Å²) in [5, 5.41) is 18.3. The van der Waals surface area contributed by atoms with E-state index in [2.05, 4.69) is 20.7 Å². The average Bonchev–Trinajstić information content (AvgIpc) is 2.80. The van der Waals surface area contributed by atoms with Gasteiger partial charge in [0.05, 0.1) is 13.2 Å². The number of aliphatic hydroxyl groups is 1. The van der Waals surface area contributed by atoms with Crippen LogP contribution in [0.5, 0.6) is 0 Å². The predicted octanol–water partition coefficient (Wildman–Crippen LogP) is 3.10. The number of esters is 1. The first-order chi connectivity index (χ1) is 16.1. The zero-order chi connectivity index (χ0) is 25.8. The van der Waals surface area contributed by atoms with Gasteiger partial charge in [0.25, 0.3) is 0 Å². The first kappa shape index (κ1) is 32.6. The van der Waals surface area contributed by atoms with E-state index in [0.717, 1.165) is 19.3 Å². The summed E-state index contributed by atoms with van der Waals surface area (Å²) < 4.78 is 25.1. The third-order valence-corrected chi connectivity index (χ3v) is 6.01. The molecule has 1 unspecified atom stereocenters. The Bertz CT molecular complexity index is 631. The average molecular weight is 512 g/mol. The number of rotatable bonds is 23. The lowest BCUT2D eigenvalue weighted by Crippen LogP contribution is -2.34. The molecule has 0 aliphatic heterocycles. The molecule has 0 saturated carbocycles. The molecule has 12 heteroatoms. The summed E-state index contributed by atoms with van der Waals surface area (Å²) in [5.74, 6) is -3.21. The number of ether oxygens (including phenoxy) is 1. The highest BCUT2D eigenvalue weighted by Gasteiger charge is 2.26. The van der Waals surface area contributed by atoms with Gasteiger partial charge in [-0.05, 0) is 6.42 Å². The third-order valence-electron chi connectivity index (χ3n) is 5.06. The molecular weight excluding hydrogens is 469 g/mol. The maximum Gasteiger partial charge on any atom is 0.472 e. The number of carboxylic acids is 1. The number of carbonyl (C=O) groups excluding carboxylic acids is 2. The lowest BCUT2D eigenvalue weighted by atomic mass is 10.0. The Hall–Kier alpha value is -1.36. The zero-order valence-corrected chi connectivity index (χ0v) is 21.1. The standard InChI is InChI=1S/C22H42NO10P/c1-2-3-4-5-6-7-8-9-10-11-12-13-14-20(25)22(28)31-15-18(24)16-32-34(29,30)33-17-19(23)21(26)27/h18-19,24H,2-17,23H2,1H3,(H,26,27)(H,29,30)/t18-,19+/m1/s1. The van der Waals surface area contributed by atoms with Crippen molar-refractivity contribution in [3.63, 3.8) is 0 Å². The SMILES string of the molecule is CCCCCCCCCCCCCCC(=O)C(=O)OC[C@@H](O)COP(=O)(O)OC[C@H](N)C(=O)O. The van der Waals surface area contributed by atoms with Crippen molar-refractivity contribution in [2.45, 2.75) is 103 Å². The smallest absolute Gasteiger partial charge is 0.472 e. The van der Waals surface area contributed by atoms with Crippen LogP contribution in [0.2, 0.25) is 0 Å².